The van der Waals surface area contributed by atoms with E-state index < -0.39 is 0 Å². The highest BCUT2D eigenvalue weighted by Crippen LogP contribution is 2.26. The van der Waals surface area contributed by atoms with Crippen LogP contribution in [0.1, 0.15) is 40.3 Å². The van der Waals surface area contributed by atoms with Crippen molar-refractivity contribution in [1.82, 2.24) is 25.1 Å². The van der Waals surface area contributed by atoms with Gasteiger partial charge in [-0.15, -0.1) is 21.5 Å². The standard InChI is InChI=1S/C25H26N6O2S2/c1-15-8-10-18(11-9-15)20-13-34-24(27-20)28-21(32)14-35-25-30-29-22(31(25)4)17(3)26-23(33)19-7-5-6-16(2)12-19/h5-13,17H,14H2,1-4H3,(H,26,33)(H,27,28,32). The number of amides is 2. The Kier molecular flexibility index (Phi) is 7.62. The normalized spacial score (nSPS) is 11.8. The van der Waals surface area contributed by atoms with Crippen molar-refractivity contribution >= 4 is 40.0 Å². The van der Waals surface area contributed by atoms with E-state index in [1.54, 1.807) is 10.6 Å². The number of carbonyl (C=O) groups is 2. The second kappa shape index (κ2) is 10.8. The highest BCUT2D eigenvalue weighted by atomic mass is 32.2. The van der Waals surface area contributed by atoms with Gasteiger partial charge in [0, 0.05) is 23.6 Å². The summed E-state index contributed by atoms with van der Waals surface area (Å²) in [7, 11) is 1.82. The van der Waals surface area contributed by atoms with Crippen molar-refractivity contribution < 1.29 is 9.59 Å². The fourth-order valence-corrected chi connectivity index (χ4v) is 4.89. The molecule has 180 valence electrons. The molecule has 0 saturated carbocycles. The summed E-state index contributed by atoms with van der Waals surface area (Å²) in [6.07, 6.45) is 0. The van der Waals surface area contributed by atoms with E-state index in [2.05, 4.69) is 25.8 Å². The van der Waals surface area contributed by atoms with E-state index >= 15 is 0 Å². The van der Waals surface area contributed by atoms with Gasteiger partial charge < -0.3 is 15.2 Å². The summed E-state index contributed by atoms with van der Waals surface area (Å²) in [4.78, 5) is 29.6. The van der Waals surface area contributed by atoms with Gasteiger partial charge in [-0.25, -0.2) is 4.98 Å². The summed E-state index contributed by atoms with van der Waals surface area (Å²) < 4.78 is 1.79. The first kappa shape index (κ1) is 24.6. The third-order valence-electron chi connectivity index (χ3n) is 5.31. The molecule has 2 heterocycles. The SMILES string of the molecule is Cc1ccc(-c2csc(NC(=O)CSc3nnc(C(C)NC(=O)c4cccc(C)c4)n3C)n2)cc1. The predicted octanol–water partition coefficient (Wildman–Crippen LogP) is 4.78. The molecule has 10 heteroatoms. The van der Waals surface area contributed by atoms with Crippen molar-refractivity contribution in [3.05, 3.63) is 76.4 Å². The minimum absolute atomic E-state index is 0.162. The van der Waals surface area contributed by atoms with Crippen molar-refractivity contribution in [3.63, 3.8) is 0 Å². The average Bonchev–Trinajstić information content (AvgIpc) is 3.44. The van der Waals surface area contributed by atoms with Crippen LogP contribution in [0.25, 0.3) is 11.3 Å². The molecule has 0 aliphatic carbocycles. The lowest BCUT2D eigenvalue weighted by Crippen LogP contribution is -2.28. The van der Waals surface area contributed by atoms with E-state index in [9.17, 15) is 9.59 Å². The number of anilines is 1. The fourth-order valence-electron chi connectivity index (χ4n) is 3.43. The number of nitrogens with one attached hydrogen (secondary N) is 2. The summed E-state index contributed by atoms with van der Waals surface area (Å²) in [5.41, 5.74) is 4.64. The molecular weight excluding hydrogens is 480 g/mol. The van der Waals surface area contributed by atoms with Crippen LogP contribution in [0.5, 0.6) is 0 Å². The van der Waals surface area contributed by atoms with Crippen molar-refractivity contribution in [3.8, 4) is 11.3 Å². The Labute approximate surface area is 212 Å². The van der Waals surface area contributed by atoms with Gasteiger partial charge in [0.25, 0.3) is 5.91 Å². The zero-order valence-electron chi connectivity index (χ0n) is 19.9. The molecule has 0 spiro atoms. The zero-order valence-corrected chi connectivity index (χ0v) is 21.5. The molecule has 0 saturated heterocycles. The quantitative estimate of drug-likeness (QED) is 0.334. The Hall–Kier alpha value is -3.50. The molecule has 1 atom stereocenters. The van der Waals surface area contributed by atoms with Crippen LogP contribution in [0.3, 0.4) is 0 Å². The first-order valence-corrected chi connectivity index (χ1v) is 12.9. The second-order valence-corrected chi connectivity index (χ2v) is 10.0. The molecule has 4 rings (SSSR count). The van der Waals surface area contributed by atoms with E-state index in [0.29, 0.717) is 21.7 Å². The molecule has 1 unspecified atom stereocenters. The number of aromatic nitrogens is 4. The third-order valence-corrected chi connectivity index (χ3v) is 7.09. The first-order chi connectivity index (χ1) is 16.8. The van der Waals surface area contributed by atoms with E-state index in [1.165, 1.54) is 28.7 Å². The van der Waals surface area contributed by atoms with E-state index in [4.69, 9.17) is 0 Å². The maximum atomic E-state index is 12.6. The Morgan fingerprint density at radius 1 is 1.09 bits per heavy atom. The lowest BCUT2D eigenvalue weighted by Gasteiger charge is -2.14. The van der Waals surface area contributed by atoms with Gasteiger partial charge in [0.05, 0.1) is 17.5 Å². The molecule has 4 aromatic rings. The summed E-state index contributed by atoms with van der Waals surface area (Å²) in [5, 5.41) is 17.3. The highest BCUT2D eigenvalue weighted by Gasteiger charge is 2.19. The van der Waals surface area contributed by atoms with Crippen LogP contribution < -0.4 is 10.6 Å². The predicted molar refractivity (Wildman–Crippen MR) is 140 cm³/mol. The van der Waals surface area contributed by atoms with E-state index in [0.717, 1.165) is 16.8 Å². The number of hydrogen-bond donors (Lipinski definition) is 2. The lowest BCUT2D eigenvalue weighted by molar-refractivity contribution is -0.113. The van der Waals surface area contributed by atoms with Crippen molar-refractivity contribution in [2.75, 3.05) is 11.1 Å². The van der Waals surface area contributed by atoms with Crippen molar-refractivity contribution in [2.24, 2.45) is 7.05 Å². The molecule has 0 aliphatic heterocycles. The van der Waals surface area contributed by atoms with Gasteiger partial charge in [0.2, 0.25) is 5.91 Å². The molecule has 2 amide bonds. The highest BCUT2D eigenvalue weighted by molar-refractivity contribution is 7.99. The van der Waals surface area contributed by atoms with Gasteiger partial charge >= 0.3 is 0 Å². The van der Waals surface area contributed by atoms with Crippen molar-refractivity contribution in [2.45, 2.75) is 32.0 Å². The number of carbonyl (C=O) groups excluding carboxylic acids is 2. The van der Waals surface area contributed by atoms with Crippen LogP contribution >= 0.6 is 23.1 Å². The van der Waals surface area contributed by atoms with Crippen LogP contribution in [-0.4, -0.2) is 37.3 Å². The number of benzene rings is 2. The minimum Gasteiger partial charge on any atom is -0.342 e. The topological polar surface area (TPSA) is 102 Å². The smallest absolute Gasteiger partial charge is 0.251 e. The number of hydrogen-bond acceptors (Lipinski definition) is 7. The molecule has 0 bridgehead atoms. The van der Waals surface area contributed by atoms with Crippen LogP contribution in [0.2, 0.25) is 0 Å². The van der Waals surface area contributed by atoms with Gasteiger partial charge in [-0.05, 0) is 32.9 Å². The Morgan fingerprint density at radius 2 is 1.86 bits per heavy atom. The van der Waals surface area contributed by atoms with Crippen LogP contribution in [-0.2, 0) is 11.8 Å². The van der Waals surface area contributed by atoms with Crippen LogP contribution in [0, 0.1) is 13.8 Å². The van der Waals surface area contributed by atoms with E-state index in [1.807, 2.05) is 75.7 Å². The van der Waals surface area contributed by atoms with Gasteiger partial charge in [0.15, 0.2) is 16.1 Å². The fraction of sp³-hybridized carbons (Fsp3) is 0.240. The monoisotopic (exact) mass is 506 g/mol. The molecular formula is C25H26N6O2S2. The third kappa shape index (κ3) is 6.14. The second-order valence-electron chi connectivity index (χ2n) is 8.21. The largest absolute Gasteiger partial charge is 0.342 e. The summed E-state index contributed by atoms with van der Waals surface area (Å²) in [6, 6.07) is 15.2. The van der Waals surface area contributed by atoms with Gasteiger partial charge in [-0.2, -0.15) is 0 Å². The average molecular weight is 507 g/mol. The maximum Gasteiger partial charge on any atom is 0.251 e. The van der Waals surface area contributed by atoms with E-state index in [-0.39, 0.29) is 23.6 Å². The number of thioether (sulfide) groups is 1. The van der Waals surface area contributed by atoms with Gasteiger partial charge in [-0.1, -0.05) is 59.3 Å². The first-order valence-electron chi connectivity index (χ1n) is 11.0. The van der Waals surface area contributed by atoms with Crippen molar-refractivity contribution in [1.29, 1.82) is 0 Å². The molecule has 8 nitrogen and oxygen atoms in total. The lowest BCUT2D eigenvalue weighted by atomic mass is 10.1. The van der Waals surface area contributed by atoms with Gasteiger partial charge in [-0.3, -0.25) is 9.59 Å². The summed E-state index contributed by atoms with van der Waals surface area (Å²) >= 11 is 2.66. The molecule has 35 heavy (non-hydrogen) atoms. The maximum absolute atomic E-state index is 12.6. The Balaban J connectivity index is 1.32. The molecule has 0 aliphatic rings. The minimum atomic E-state index is -0.348. The Morgan fingerprint density at radius 3 is 2.60 bits per heavy atom. The number of thiazole rings is 1. The zero-order chi connectivity index (χ0) is 24.9. The molecule has 2 N–H and O–H groups in total. The van der Waals surface area contributed by atoms with Crippen LogP contribution in [0.15, 0.2) is 59.1 Å². The number of nitrogens with zero attached hydrogens (tertiary/aromatic N) is 4. The number of aryl methyl sites for hydroxylation is 2. The number of rotatable bonds is 8. The molecule has 0 fully saturated rings. The molecule has 2 aromatic heterocycles. The molecule has 0 radical (unpaired) electrons. The summed E-state index contributed by atoms with van der Waals surface area (Å²) in [5.74, 6) is 0.420. The summed E-state index contributed by atoms with van der Waals surface area (Å²) in [6.45, 7) is 5.84. The van der Waals surface area contributed by atoms with Gasteiger partial charge in [0.1, 0.15) is 0 Å². The molecule has 2 aromatic carbocycles. The van der Waals surface area contributed by atoms with Crippen LogP contribution in [0.4, 0.5) is 5.13 Å². The Bertz CT molecular complexity index is 1350.